The van der Waals surface area contributed by atoms with Gasteiger partial charge >= 0.3 is 0 Å². The van der Waals surface area contributed by atoms with Crippen molar-refractivity contribution < 1.29 is 13.2 Å². The number of methoxy groups -OCH3 is 1. The molecule has 0 aliphatic heterocycles. The molecular formula is C17H19N5O3S. The molecule has 0 aliphatic carbocycles. The average Bonchev–Trinajstić information content (AvgIpc) is 3.20. The third-order valence-corrected chi connectivity index (χ3v) is 5.10. The maximum Gasteiger partial charge on any atom is 0.244 e. The highest BCUT2D eigenvalue weighted by Gasteiger charge is 2.18. The molecule has 0 saturated heterocycles. The van der Waals surface area contributed by atoms with Crippen LogP contribution in [-0.4, -0.2) is 43.4 Å². The van der Waals surface area contributed by atoms with Gasteiger partial charge in [-0.25, -0.2) is 13.1 Å². The van der Waals surface area contributed by atoms with Crippen molar-refractivity contribution in [3.05, 3.63) is 60.9 Å². The molecule has 2 heterocycles. The second kappa shape index (κ2) is 7.98. The second-order valence-corrected chi connectivity index (χ2v) is 7.08. The molecule has 136 valence electrons. The number of anilines is 1. The topological polar surface area (TPSA) is 98.1 Å². The van der Waals surface area contributed by atoms with Gasteiger partial charge < -0.3 is 14.6 Å². The first kappa shape index (κ1) is 17.9. The summed E-state index contributed by atoms with van der Waals surface area (Å²) in [6.45, 7) is 0.563. The third-order valence-electron chi connectivity index (χ3n) is 3.60. The lowest BCUT2D eigenvalue weighted by Gasteiger charge is -2.11. The smallest absolute Gasteiger partial charge is 0.244 e. The summed E-state index contributed by atoms with van der Waals surface area (Å²) in [6.07, 6.45) is 3.76. The van der Waals surface area contributed by atoms with Crippen LogP contribution in [0.5, 0.6) is 5.75 Å². The fourth-order valence-corrected chi connectivity index (χ4v) is 3.54. The predicted octanol–water partition coefficient (Wildman–Crippen LogP) is 1.67. The monoisotopic (exact) mass is 373 g/mol. The Morgan fingerprint density at radius 2 is 1.77 bits per heavy atom. The molecule has 0 radical (unpaired) electrons. The van der Waals surface area contributed by atoms with Crippen LogP contribution < -0.4 is 14.8 Å². The van der Waals surface area contributed by atoms with Crippen LogP contribution in [0.2, 0.25) is 0 Å². The van der Waals surface area contributed by atoms with Crippen molar-refractivity contribution in [2.75, 3.05) is 25.5 Å². The van der Waals surface area contributed by atoms with Gasteiger partial charge in [0, 0.05) is 25.5 Å². The molecule has 2 N–H and O–H groups in total. The van der Waals surface area contributed by atoms with Gasteiger partial charge in [0.25, 0.3) is 0 Å². The van der Waals surface area contributed by atoms with Gasteiger partial charge in [-0.1, -0.05) is 12.1 Å². The molecule has 0 amide bonds. The summed E-state index contributed by atoms with van der Waals surface area (Å²) in [5.74, 6) is 1.58. The van der Waals surface area contributed by atoms with E-state index in [4.69, 9.17) is 4.74 Å². The highest BCUT2D eigenvalue weighted by molar-refractivity contribution is 7.89. The number of rotatable bonds is 8. The molecule has 0 unspecified atom stereocenters. The number of hydrogen-bond acceptors (Lipinski definition) is 6. The van der Waals surface area contributed by atoms with E-state index < -0.39 is 10.0 Å². The number of benzene rings is 1. The van der Waals surface area contributed by atoms with Crippen molar-refractivity contribution in [1.29, 1.82) is 0 Å². The molecule has 2 aromatic heterocycles. The summed E-state index contributed by atoms with van der Waals surface area (Å²) < 4.78 is 34.2. The number of aromatic nitrogens is 3. The number of nitrogens with one attached hydrogen (secondary N) is 2. The first-order chi connectivity index (χ1) is 12.6. The van der Waals surface area contributed by atoms with Crippen LogP contribution in [0.15, 0.2) is 65.8 Å². The van der Waals surface area contributed by atoms with E-state index in [2.05, 4.69) is 20.2 Å². The Hall–Kier alpha value is -2.91. The van der Waals surface area contributed by atoms with E-state index in [1.54, 1.807) is 24.3 Å². The number of nitrogens with zero attached hydrogens (tertiary/aromatic N) is 3. The van der Waals surface area contributed by atoms with Crippen LogP contribution >= 0.6 is 0 Å². The van der Waals surface area contributed by atoms with Crippen LogP contribution in [0, 0.1) is 0 Å². The van der Waals surface area contributed by atoms with E-state index in [0.717, 1.165) is 0 Å². The normalized spacial score (nSPS) is 11.3. The summed E-state index contributed by atoms with van der Waals surface area (Å²) in [7, 11) is -2.21. The Balaban J connectivity index is 1.53. The zero-order valence-corrected chi connectivity index (χ0v) is 15.0. The van der Waals surface area contributed by atoms with Gasteiger partial charge in [-0.3, -0.25) is 0 Å². The first-order valence-electron chi connectivity index (χ1n) is 7.94. The first-order valence-corrected chi connectivity index (χ1v) is 9.42. The number of para-hydroxylation sites is 1. The SMILES string of the molecule is COc1ccccc1S(=O)(=O)NCCNc1ccc(-n2cccc2)nn1. The molecule has 0 bridgehead atoms. The highest BCUT2D eigenvalue weighted by atomic mass is 32.2. The van der Waals surface area contributed by atoms with Crippen molar-refractivity contribution in [2.45, 2.75) is 4.90 Å². The Morgan fingerprint density at radius 1 is 1.00 bits per heavy atom. The standard InChI is InChI=1S/C17H19N5O3S/c1-25-14-6-2-3-7-15(14)26(23,24)19-11-10-18-16-8-9-17(21-20-16)22-12-4-5-13-22/h2-9,12-13,19H,10-11H2,1H3,(H,18,20). The third kappa shape index (κ3) is 4.19. The molecule has 3 aromatic rings. The molecule has 0 spiro atoms. The largest absolute Gasteiger partial charge is 0.495 e. The van der Waals surface area contributed by atoms with Crippen molar-refractivity contribution >= 4 is 15.8 Å². The molecule has 8 nitrogen and oxygen atoms in total. The van der Waals surface area contributed by atoms with Gasteiger partial charge in [-0.2, -0.15) is 0 Å². The van der Waals surface area contributed by atoms with Crippen molar-refractivity contribution in [2.24, 2.45) is 0 Å². The van der Waals surface area contributed by atoms with E-state index in [9.17, 15) is 8.42 Å². The van der Waals surface area contributed by atoms with Gasteiger partial charge in [0.05, 0.1) is 7.11 Å². The van der Waals surface area contributed by atoms with E-state index in [-0.39, 0.29) is 11.4 Å². The quantitative estimate of drug-likeness (QED) is 0.583. The Kier molecular flexibility index (Phi) is 5.49. The second-order valence-electron chi connectivity index (χ2n) is 5.34. The van der Waals surface area contributed by atoms with Gasteiger partial charge in [-0.15, -0.1) is 10.2 Å². The minimum Gasteiger partial charge on any atom is -0.495 e. The Bertz CT molecular complexity index is 941. The number of ether oxygens (including phenoxy) is 1. The average molecular weight is 373 g/mol. The lowest BCUT2D eigenvalue weighted by Crippen LogP contribution is -2.29. The summed E-state index contributed by atoms with van der Waals surface area (Å²) in [5.41, 5.74) is 0. The fourth-order valence-electron chi connectivity index (χ4n) is 2.34. The Morgan fingerprint density at radius 3 is 2.46 bits per heavy atom. The van der Waals surface area contributed by atoms with Crippen LogP contribution in [0.4, 0.5) is 5.82 Å². The van der Waals surface area contributed by atoms with E-state index in [1.165, 1.54) is 13.2 Å². The molecule has 3 rings (SSSR count). The zero-order chi connectivity index (χ0) is 18.4. The minimum absolute atomic E-state index is 0.110. The van der Waals surface area contributed by atoms with Gasteiger partial charge in [0.15, 0.2) is 5.82 Å². The van der Waals surface area contributed by atoms with Crippen LogP contribution in [0.3, 0.4) is 0 Å². The molecule has 0 atom stereocenters. The van der Waals surface area contributed by atoms with Crippen LogP contribution in [-0.2, 0) is 10.0 Å². The van der Waals surface area contributed by atoms with Crippen molar-refractivity contribution in [1.82, 2.24) is 19.5 Å². The summed E-state index contributed by atoms with van der Waals surface area (Å²) in [4.78, 5) is 0.110. The summed E-state index contributed by atoms with van der Waals surface area (Å²) in [5, 5.41) is 11.2. The summed E-state index contributed by atoms with van der Waals surface area (Å²) >= 11 is 0. The molecule has 9 heteroatoms. The number of sulfonamides is 1. The maximum atomic E-state index is 12.3. The minimum atomic E-state index is -3.65. The van der Waals surface area contributed by atoms with Crippen LogP contribution in [0.1, 0.15) is 0 Å². The molecule has 0 saturated carbocycles. The van der Waals surface area contributed by atoms with Crippen LogP contribution in [0.25, 0.3) is 5.82 Å². The Labute approximate surface area is 151 Å². The molecule has 0 fully saturated rings. The lowest BCUT2D eigenvalue weighted by atomic mass is 10.3. The molecule has 0 aliphatic rings. The maximum absolute atomic E-state index is 12.3. The van der Waals surface area contributed by atoms with Crippen molar-refractivity contribution in [3.8, 4) is 11.6 Å². The molecular weight excluding hydrogens is 354 g/mol. The van der Waals surface area contributed by atoms with E-state index in [1.807, 2.05) is 35.2 Å². The lowest BCUT2D eigenvalue weighted by molar-refractivity contribution is 0.402. The van der Waals surface area contributed by atoms with Gasteiger partial charge in [0.1, 0.15) is 16.5 Å². The molecule has 26 heavy (non-hydrogen) atoms. The van der Waals surface area contributed by atoms with Gasteiger partial charge in [-0.05, 0) is 36.4 Å². The zero-order valence-electron chi connectivity index (χ0n) is 14.2. The highest BCUT2D eigenvalue weighted by Crippen LogP contribution is 2.22. The van der Waals surface area contributed by atoms with E-state index >= 15 is 0 Å². The fraction of sp³-hybridized carbons (Fsp3) is 0.176. The van der Waals surface area contributed by atoms with Crippen molar-refractivity contribution in [3.63, 3.8) is 0 Å². The number of hydrogen-bond donors (Lipinski definition) is 2. The molecule has 1 aromatic carbocycles. The summed E-state index contributed by atoms with van der Waals surface area (Å²) in [6, 6.07) is 13.9. The predicted molar refractivity (Wildman–Crippen MR) is 98.0 cm³/mol. The van der Waals surface area contributed by atoms with E-state index in [0.29, 0.717) is 23.9 Å². The van der Waals surface area contributed by atoms with Gasteiger partial charge in [0.2, 0.25) is 10.0 Å².